The van der Waals surface area contributed by atoms with Gasteiger partial charge >= 0.3 is 6.18 Å². The molecule has 0 aromatic carbocycles. The molecule has 0 bridgehead atoms. The molecule has 0 amide bonds. The summed E-state index contributed by atoms with van der Waals surface area (Å²) in [6.07, 6.45) is -2.54. The molecular weight excluding hydrogens is 235 g/mol. The van der Waals surface area contributed by atoms with Crippen LogP contribution in [0.4, 0.5) is 13.2 Å². The first-order valence-corrected chi connectivity index (χ1v) is 3.82. The summed E-state index contributed by atoms with van der Waals surface area (Å²) in [5.74, 6) is -1.10. The summed E-state index contributed by atoms with van der Waals surface area (Å²) >= 11 is 0. The van der Waals surface area contributed by atoms with Gasteiger partial charge in [-0.25, -0.2) is 0 Å². The summed E-state index contributed by atoms with van der Waals surface area (Å²) in [7, 11) is 0. The minimum atomic E-state index is -4.00. The number of hydrogen-bond acceptors (Lipinski definition) is 1. The van der Waals surface area contributed by atoms with E-state index in [4.69, 9.17) is 5.73 Å². The second kappa shape index (κ2) is 4.46. The number of halogens is 4. The van der Waals surface area contributed by atoms with Gasteiger partial charge in [0.25, 0.3) is 0 Å². The molecule has 1 fully saturated rings. The average molecular weight is 248 g/mol. The first-order valence-electron chi connectivity index (χ1n) is 3.82. The molecule has 1 rings (SSSR count). The molecule has 0 aromatic heterocycles. The van der Waals surface area contributed by atoms with Crippen molar-refractivity contribution in [2.75, 3.05) is 0 Å². The highest BCUT2D eigenvalue weighted by Crippen LogP contribution is 2.36. The summed E-state index contributed by atoms with van der Waals surface area (Å²) in [6.45, 7) is 0. The lowest BCUT2D eigenvalue weighted by Gasteiger charge is -2.27. The van der Waals surface area contributed by atoms with Crippen molar-refractivity contribution < 1.29 is 13.2 Å². The molecule has 0 radical (unpaired) electrons. The lowest BCUT2D eigenvalue weighted by Crippen LogP contribution is -2.33. The molecule has 0 atom stereocenters. The van der Waals surface area contributed by atoms with Gasteiger partial charge in [-0.05, 0) is 25.7 Å². The van der Waals surface area contributed by atoms with Crippen molar-refractivity contribution >= 4 is 17.0 Å². The fourth-order valence-electron chi connectivity index (χ4n) is 1.45. The number of nitrogens with two attached hydrogens (primary N) is 1. The third-order valence-electron chi connectivity index (χ3n) is 2.23. The van der Waals surface area contributed by atoms with Crippen LogP contribution in [-0.4, -0.2) is 12.2 Å². The fraction of sp³-hybridized carbons (Fsp3) is 1.00. The average Bonchev–Trinajstić information content (AvgIpc) is 1.86. The molecule has 12 heavy (non-hydrogen) atoms. The summed E-state index contributed by atoms with van der Waals surface area (Å²) in [6, 6.07) is -0.00593. The van der Waals surface area contributed by atoms with Gasteiger partial charge in [-0.3, -0.25) is 0 Å². The van der Waals surface area contributed by atoms with Crippen LogP contribution in [0, 0.1) is 5.92 Å². The molecule has 0 heterocycles. The molecule has 1 aliphatic rings. The van der Waals surface area contributed by atoms with E-state index < -0.39 is 12.1 Å². The zero-order valence-electron chi connectivity index (χ0n) is 6.60. The van der Waals surface area contributed by atoms with Crippen LogP contribution in [0.15, 0.2) is 0 Å². The summed E-state index contributed by atoms with van der Waals surface area (Å²) in [5, 5.41) is 0. The van der Waals surface area contributed by atoms with Crippen LogP contribution in [0.1, 0.15) is 25.7 Å². The van der Waals surface area contributed by atoms with Crippen molar-refractivity contribution in [2.45, 2.75) is 37.9 Å². The van der Waals surface area contributed by atoms with Crippen LogP contribution in [0.5, 0.6) is 0 Å². The highest BCUT2D eigenvalue weighted by molar-refractivity contribution is 8.93. The van der Waals surface area contributed by atoms with Gasteiger partial charge < -0.3 is 5.73 Å². The molecule has 0 unspecified atom stereocenters. The maximum Gasteiger partial charge on any atom is 0.391 e. The Hall–Kier alpha value is 0.230. The van der Waals surface area contributed by atoms with Crippen LogP contribution in [-0.2, 0) is 0 Å². The van der Waals surface area contributed by atoms with E-state index in [9.17, 15) is 13.2 Å². The normalized spacial score (nSPS) is 31.0. The molecular formula is C7H13BrF3N. The lowest BCUT2D eigenvalue weighted by molar-refractivity contribution is -0.182. The largest absolute Gasteiger partial charge is 0.391 e. The van der Waals surface area contributed by atoms with Gasteiger partial charge in [0.05, 0.1) is 5.92 Å². The zero-order chi connectivity index (χ0) is 8.48. The Bertz CT molecular complexity index is 129. The molecule has 1 saturated carbocycles. The molecule has 1 nitrogen and oxygen atoms in total. The Morgan fingerprint density at radius 3 is 1.75 bits per heavy atom. The van der Waals surface area contributed by atoms with E-state index in [1.807, 2.05) is 0 Å². The van der Waals surface area contributed by atoms with E-state index in [1.54, 1.807) is 0 Å². The monoisotopic (exact) mass is 247 g/mol. The summed E-state index contributed by atoms with van der Waals surface area (Å²) in [4.78, 5) is 0. The Labute approximate surface area is 80.3 Å². The molecule has 74 valence electrons. The highest BCUT2D eigenvalue weighted by Gasteiger charge is 2.40. The second-order valence-electron chi connectivity index (χ2n) is 3.15. The third-order valence-corrected chi connectivity index (χ3v) is 2.23. The lowest BCUT2D eigenvalue weighted by atomic mass is 9.86. The number of rotatable bonds is 0. The summed E-state index contributed by atoms with van der Waals surface area (Å²) in [5.41, 5.74) is 5.47. The van der Waals surface area contributed by atoms with E-state index in [1.165, 1.54) is 0 Å². The maximum absolute atomic E-state index is 12.0. The zero-order valence-corrected chi connectivity index (χ0v) is 8.32. The van der Waals surface area contributed by atoms with Gasteiger partial charge in [0.1, 0.15) is 0 Å². The predicted molar refractivity (Wildman–Crippen MR) is 46.3 cm³/mol. The minimum Gasteiger partial charge on any atom is -0.328 e. The van der Waals surface area contributed by atoms with Crippen LogP contribution in [0.25, 0.3) is 0 Å². The smallest absolute Gasteiger partial charge is 0.328 e. The van der Waals surface area contributed by atoms with E-state index in [2.05, 4.69) is 0 Å². The standard InChI is InChI=1S/C7H12F3N.BrH/c8-7(9,10)5-1-3-6(11)4-2-5;/h5-6H,1-4,11H2;1H. The first-order chi connectivity index (χ1) is 5.00. The SMILES string of the molecule is Br.NC1CCC(C(F)(F)F)CC1. The van der Waals surface area contributed by atoms with E-state index in [0.29, 0.717) is 12.8 Å². The van der Waals surface area contributed by atoms with E-state index >= 15 is 0 Å². The molecule has 0 aromatic rings. The highest BCUT2D eigenvalue weighted by atomic mass is 79.9. The van der Waals surface area contributed by atoms with Gasteiger partial charge in [-0.1, -0.05) is 0 Å². The second-order valence-corrected chi connectivity index (χ2v) is 3.15. The fourth-order valence-corrected chi connectivity index (χ4v) is 1.45. The van der Waals surface area contributed by atoms with Crippen LogP contribution >= 0.6 is 17.0 Å². The predicted octanol–water partition coefficient (Wildman–Crippen LogP) is 2.64. The van der Waals surface area contributed by atoms with Crippen LogP contribution < -0.4 is 5.73 Å². The van der Waals surface area contributed by atoms with Gasteiger partial charge in [0, 0.05) is 6.04 Å². The molecule has 0 saturated heterocycles. The van der Waals surface area contributed by atoms with Crippen LogP contribution in [0.3, 0.4) is 0 Å². The van der Waals surface area contributed by atoms with Gasteiger partial charge in [-0.2, -0.15) is 13.2 Å². The van der Waals surface area contributed by atoms with Crippen molar-refractivity contribution in [1.82, 2.24) is 0 Å². The molecule has 1 aliphatic carbocycles. The van der Waals surface area contributed by atoms with Crippen molar-refractivity contribution in [1.29, 1.82) is 0 Å². The quantitative estimate of drug-likeness (QED) is 0.700. The molecule has 0 aliphatic heterocycles. The third kappa shape index (κ3) is 3.31. The van der Waals surface area contributed by atoms with E-state index in [0.717, 1.165) is 0 Å². The van der Waals surface area contributed by atoms with Gasteiger partial charge in [0.15, 0.2) is 0 Å². The minimum absolute atomic E-state index is 0. The van der Waals surface area contributed by atoms with Crippen LogP contribution in [0.2, 0.25) is 0 Å². The topological polar surface area (TPSA) is 26.0 Å². The van der Waals surface area contributed by atoms with Gasteiger partial charge in [-0.15, -0.1) is 17.0 Å². The Morgan fingerprint density at radius 2 is 1.42 bits per heavy atom. The Balaban J connectivity index is 0.00000121. The van der Waals surface area contributed by atoms with Gasteiger partial charge in [0.2, 0.25) is 0 Å². The number of alkyl halides is 3. The van der Waals surface area contributed by atoms with Crippen molar-refractivity contribution in [2.24, 2.45) is 11.7 Å². The maximum atomic E-state index is 12.0. The Kier molecular flexibility index (Phi) is 4.55. The van der Waals surface area contributed by atoms with Crippen molar-refractivity contribution in [3.63, 3.8) is 0 Å². The van der Waals surface area contributed by atoms with Crippen molar-refractivity contribution in [3.05, 3.63) is 0 Å². The Morgan fingerprint density at radius 1 is 1.00 bits per heavy atom. The van der Waals surface area contributed by atoms with Crippen molar-refractivity contribution in [3.8, 4) is 0 Å². The molecule has 2 N–H and O–H groups in total. The first kappa shape index (κ1) is 12.2. The molecule has 0 spiro atoms. The van der Waals surface area contributed by atoms with E-state index in [-0.39, 0.29) is 35.9 Å². The number of hydrogen-bond donors (Lipinski definition) is 1. The molecule has 5 heteroatoms. The summed E-state index contributed by atoms with van der Waals surface area (Å²) < 4.78 is 36.1.